The van der Waals surface area contributed by atoms with E-state index in [2.05, 4.69) is 4.74 Å². The van der Waals surface area contributed by atoms with Gasteiger partial charge in [0, 0.05) is 12.1 Å². The Morgan fingerprint density at radius 3 is 2.50 bits per heavy atom. The molecule has 1 aliphatic rings. The summed E-state index contributed by atoms with van der Waals surface area (Å²) in [4.78, 5) is 25.8. The molecule has 1 amide bonds. The largest absolute Gasteiger partial charge is 0.454 e. The van der Waals surface area contributed by atoms with E-state index in [0.29, 0.717) is 18.5 Å². The predicted molar refractivity (Wildman–Crippen MR) is 72.1 cm³/mol. The molecule has 0 aliphatic carbocycles. The van der Waals surface area contributed by atoms with Gasteiger partial charge in [-0.05, 0) is 31.9 Å². The summed E-state index contributed by atoms with van der Waals surface area (Å²) in [6, 6.07) is 8.31. The van der Waals surface area contributed by atoms with Gasteiger partial charge in [-0.2, -0.15) is 13.2 Å². The van der Waals surface area contributed by atoms with E-state index in [1.54, 1.807) is 30.3 Å². The van der Waals surface area contributed by atoms with Gasteiger partial charge < -0.3 is 9.64 Å². The highest BCUT2D eigenvalue weighted by molar-refractivity contribution is 5.98. The van der Waals surface area contributed by atoms with E-state index >= 15 is 0 Å². The van der Waals surface area contributed by atoms with E-state index in [-0.39, 0.29) is 12.3 Å². The first kappa shape index (κ1) is 16.3. The zero-order valence-electron chi connectivity index (χ0n) is 12.0. The number of esters is 1. The Morgan fingerprint density at radius 2 is 1.91 bits per heavy atom. The predicted octanol–water partition coefficient (Wildman–Crippen LogP) is 2.79. The SMILES string of the molecule is C[C@@]1(C(=O)OCC(F)(F)F)CCCN1C(=O)c1ccccc1. The van der Waals surface area contributed by atoms with Gasteiger partial charge in [-0.15, -0.1) is 0 Å². The lowest BCUT2D eigenvalue weighted by molar-refractivity contribution is -0.192. The van der Waals surface area contributed by atoms with Crippen molar-refractivity contribution in [3.05, 3.63) is 35.9 Å². The molecule has 120 valence electrons. The number of hydrogen-bond donors (Lipinski definition) is 0. The summed E-state index contributed by atoms with van der Waals surface area (Å²) in [5.74, 6) is -1.41. The van der Waals surface area contributed by atoms with Crippen LogP contribution in [0.1, 0.15) is 30.1 Å². The van der Waals surface area contributed by atoms with Crippen LogP contribution in [0.15, 0.2) is 30.3 Å². The second-order valence-corrected chi connectivity index (χ2v) is 5.39. The summed E-state index contributed by atoms with van der Waals surface area (Å²) in [7, 11) is 0. The Balaban J connectivity index is 2.15. The highest BCUT2D eigenvalue weighted by Gasteiger charge is 2.48. The second-order valence-electron chi connectivity index (χ2n) is 5.39. The van der Waals surface area contributed by atoms with Crippen LogP contribution in [0.3, 0.4) is 0 Å². The van der Waals surface area contributed by atoms with Crippen molar-refractivity contribution >= 4 is 11.9 Å². The molecule has 1 heterocycles. The molecule has 1 atom stereocenters. The van der Waals surface area contributed by atoms with Crippen molar-refractivity contribution in [3.8, 4) is 0 Å². The Hall–Kier alpha value is -2.05. The summed E-state index contributed by atoms with van der Waals surface area (Å²) in [6.07, 6.45) is -3.77. The minimum atomic E-state index is -4.58. The molecule has 0 saturated carbocycles. The summed E-state index contributed by atoms with van der Waals surface area (Å²) in [5.41, 5.74) is -0.975. The number of likely N-dealkylation sites (tertiary alicyclic amines) is 1. The van der Waals surface area contributed by atoms with Gasteiger partial charge in [-0.25, -0.2) is 4.79 Å². The average Bonchev–Trinajstić information content (AvgIpc) is 2.87. The number of alkyl halides is 3. The number of carbonyl (C=O) groups excluding carboxylic acids is 2. The van der Waals surface area contributed by atoms with Crippen molar-refractivity contribution in [2.45, 2.75) is 31.5 Å². The molecule has 0 unspecified atom stereocenters. The van der Waals surface area contributed by atoms with Crippen molar-refractivity contribution in [3.63, 3.8) is 0 Å². The molecule has 1 aromatic rings. The average molecular weight is 315 g/mol. The summed E-state index contributed by atoms with van der Waals surface area (Å²) in [5, 5.41) is 0. The third-order valence-corrected chi connectivity index (χ3v) is 3.71. The van der Waals surface area contributed by atoms with Crippen molar-refractivity contribution < 1.29 is 27.5 Å². The van der Waals surface area contributed by atoms with Gasteiger partial charge in [0.15, 0.2) is 6.61 Å². The first-order chi connectivity index (χ1) is 10.2. The van der Waals surface area contributed by atoms with Gasteiger partial charge in [0.2, 0.25) is 0 Å². The molecule has 0 bridgehead atoms. The molecule has 1 aliphatic heterocycles. The topological polar surface area (TPSA) is 46.6 Å². The zero-order valence-corrected chi connectivity index (χ0v) is 12.0. The summed E-state index contributed by atoms with van der Waals surface area (Å²) >= 11 is 0. The van der Waals surface area contributed by atoms with Crippen molar-refractivity contribution in [1.82, 2.24) is 4.90 Å². The smallest absolute Gasteiger partial charge is 0.422 e. The number of benzene rings is 1. The Labute approximate surface area is 125 Å². The van der Waals surface area contributed by atoms with E-state index < -0.39 is 24.3 Å². The molecule has 4 nitrogen and oxygen atoms in total. The lowest BCUT2D eigenvalue weighted by Gasteiger charge is -2.33. The Kier molecular flexibility index (Phi) is 4.44. The molecule has 2 rings (SSSR count). The zero-order chi connectivity index (χ0) is 16.4. The molecule has 1 saturated heterocycles. The minimum absolute atomic E-state index is 0.280. The number of ether oxygens (including phenoxy) is 1. The van der Waals surface area contributed by atoms with Gasteiger partial charge in [-0.1, -0.05) is 18.2 Å². The molecule has 22 heavy (non-hydrogen) atoms. The minimum Gasteiger partial charge on any atom is -0.454 e. The molecule has 7 heteroatoms. The van der Waals surface area contributed by atoms with E-state index in [4.69, 9.17) is 0 Å². The number of amides is 1. The fraction of sp³-hybridized carbons (Fsp3) is 0.467. The van der Waals surface area contributed by atoms with Gasteiger partial charge in [0.1, 0.15) is 5.54 Å². The molecule has 0 N–H and O–H groups in total. The fourth-order valence-electron chi connectivity index (χ4n) is 2.54. The molecule has 0 spiro atoms. The first-order valence-corrected chi connectivity index (χ1v) is 6.85. The maximum absolute atomic E-state index is 12.5. The van der Waals surface area contributed by atoms with E-state index in [1.807, 2.05) is 0 Å². The molecule has 0 aromatic heterocycles. The first-order valence-electron chi connectivity index (χ1n) is 6.85. The van der Waals surface area contributed by atoms with Crippen LogP contribution >= 0.6 is 0 Å². The number of halogens is 3. The summed E-state index contributed by atoms with van der Waals surface area (Å²) < 4.78 is 40.9. The number of carbonyl (C=O) groups is 2. The third kappa shape index (κ3) is 3.40. The third-order valence-electron chi connectivity index (χ3n) is 3.71. The van der Waals surface area contributed by atoms with Crippen molar-refractivity contribution in [2.24, 2.45) is 0 Å². The Bertz CT molecular complexity index is 559. The van der Waals surface area contributed by atoms with Gasteiger partial charge in [0.25, 0.3) is 5.91 Å². The van der Waals surface area contributed by atoms with Crippen molar-refractivity contribution in [2.75, 3.05) is 13.2 Å². The van der Waals surface area contributed by atoms with Crippen LogP contribution in [0.4, 0.5) is 13.2 Å². The quantitative estimate of drug-likeness (QED) is 0.806. The summed E-state index contributed by atoms with van der Waals surface area (Å²) in [6.45, 7) is 0.111. The van der Waals surface area contributed by atoms with Crippen LogP contribution in [-0.2, 0) is 9.53 Å². The van der Waals surface area contributed by atoms with Crippen LogP contribution in [-0.4, -0.2) is 41.6 Å². The van der Waals surface area contributed by atoms with Gasteiger partial charge in [-0.3, -0.25) is 4.79 Å². The Morgan fingerprint density at radius 1 is 1.27 bits per heavy atom. The van der Waals surface area contributed by atoms with E-state index in [0.717, 1.165) is 0 Å². The maximum Gasteiger partial charge on any atom is 0.422 e. The van der Waals surface area contributed by atoms with Crippen LogP contribution < -0.4 is 0 Å². The normalized spacial score (nSPS) is 21.7. The standard InChI is InChI=1S/C15H16F3NO3/c1-14(13(21)22-10-15(16,17)18)8-5-9-19(14)12(20)11-6-3-2-4-7-11/h2-4,6-7H,5,8-10H2,1H3/t14-/m0/s1. The van der Waals surface area contributed by atoms with Crippen LogP contribution in [0, 0.1) is 0 Å². The van der Waals surface area contributed by atoms with Crippen molar-refractivity contribution in [1.29, 1.82) is 0 Å². The molecule has 1 aromatic carbocycles. The molecular weight excluding hydrogens is 299 g/mol. The van der Waals surface area contributed by atoms with Crippen LogP contribution in [0.2, 0.25) is 0 Å². The number of nitrogens with zero attached hydrogens (tertiary/aromatic N) is 1. The molecule has 0 radical (unpaired) electrons. The van der Waals surface area contributed by atoms with Gasteiger partial charge in [0.05, 0.1) is 0 Å². The molecular formula is C15H16F3NO3. The molecule has 1 fully saturated rings. The van der Waals surface area contributed by atoms with Crippen LogP contribution in [0.5, 0.6) is 0 Å². The highest BCUT2D eigenvalue weighted by atomic mass is 19.4. The fourth-order valence-corrected chi connectivity index (χ4v) is 2.54. The number of hydrogen-bond acceptors (Lipinski definition) is 3. The monoisotopic (exact) mass is 315 g/mol. The van der Waals surface area contributed by atoms with Gasteiger partial charge >= 0.3 is 12.1 Å². The maximum atomic E-state index is 12.5. The van der Waals surface area contributed by atoms with Crippen LogP contribution in [0.25, 0.3) is 0 Å². The van der Waals surface area contributed by atoms with E-state index in [1.165, 1.54) is 11.8 Å². The lowest BCUT2D eigenvalue weighted by atomic mass is 9.98. The number of rotatable bonds is 3. The second kappa shape index (κ2) is 5.98. The highest BCUT2D eigenvalue weighted by Crippen LogP contribution is 2.32. The van der Waals surface area contributed by atoms with E-state index in [9.17, 15) is 22.8 Å². The lowest BCUT2D eigenvalue weighted by Crippen LogP contribution is -2.52.